The number of ether oxygens (including phenoxy) is 3. The first kappa shape index (κ1) is 49.0. The summed E-state index contributed by atoms with van der Waals surface area (Å²) in [6, 6.07) is 42.6. The Bertz CT molecular complexity index is 2460. The molecule has 1 saturated carbocycles. The smallest absolute Gasteiger partial charge is 0.416 e. The third-order valence-electron chi connectivity index (χ3n) is 12.4. The number of hydrogen-bond acceptors (Lipinski definition) is 10. The van der Waals surface area contributed by atoms with Gasteiger partial charge in [0.1, 0.15) is 29.8 Å². The number of alkyl carbamates (subject to hydrolysis) is 1. The molecule has 0 aliphatic heterocycles. The van der Waals surface area contributed by atoms with Gasteiger partial charge in [-0.2, -0.15) is 0 Å². The van der Waals surface area contributed by atoms with Crippen molar-refractivity contribution in [1.82, 2.24) is 20.9 Å². The monoisotopic (exact) mass is 938 g/mol. The number of rotatable bonds is 17. The fourth-order valence-corrected chi connectivity index (χ4v) is 10.5. The first-order valence-electron chi connectivity index (χ1n) is 22.8. The highest BCUT2D eigenvalue weighted by molar-refractivity contribution is 8.00. The number of methoxy groups -OCH3 is 1. The highest BCUT2D eigenvalue weighted by Gasteiger charge is 2.50. The van der Waals surface area contributed by atoms with E-state index in [1.54, 1.807) is 20.8 Å². The van der Waals surface area contributed by atoms with Crippen LogP contribution in [0.5, 0.6) is 0 Å². The Labute approximate surface area is 401 Å². The second kappa shape index (κ2) is 21.4. The number of amides is 5. The molecule has 0 unspecified atom stereocenters. The van der Waals surface area contributed by atoms with E-state index in [2.05, 4.69) is 16.0 Å². The lowest BCUT2D eigenvalue weighted by atomic mass is 9.75. The van der Waals surface area contributed by atoms with Gasteiger partial charge in [0.25, 0.3) is 5.91 Å². The largest absolute Gasteiger partial charge is 0.460 e. The minimum absolute atomic E-state index is 0.0292. The summed E-state index contributed by atoms with van der Waals surface area (Å²) in [6.45, 7) is 5.16. The fourth-order valence-electron chi connectivity index (χ4n) is 8.92. The predicted octanol–water partition coefficient (Wildman–Crippen LogP) is 8.49. The van der Waals surface area contributed by atoms with Gasteiger partial charge in [-0.05, 0) is 85.4 Å². The van der Waals surface area contributed by atoms with Crippen LogP contribution in [-0.4, -0.2) is 90.5 Å². The topological polar surface area (TPSA) is 169 Å². The van der Waals surface area contributed by atoms with Crippen molar-refractivity contribution >= 4 is 47.6 Å². The van der Waals surface area contributed by atoms with Gasteiger partial charge in [-0.15, -0.1) is 11.8 Å². The van der Waals surface area contributed by atoms with Crippen LogP contribution >= 0.6 is 11.8 Å². The molecule has 0 heterocycles. The van der Waals surface area contributed by atoms with E-state index in [1.807, 2.05) is 140 Å². The van der Waals surface area contributed by atoms with Crippen LogP contribution in [0.4, 0.5) is 9.59 Å². The quantitative estimate of drug-likeness (QED) is 0.0467. The fraction of sp³-hybridized carbons (Fsp3) is 0.333. The number of esters is 1. The second-order valence-corrected chi connectivity index (χ2v) is 19.3. The summed E-state index contributed by atoms with van der Waals surface area (Å²) in [5.74, 6) is -3.00. The van der Waals surface area contributed by atoms with Gasteiger partial charge >= 0.3 is 18.2 Å². The molecule has 0 bridgehead atoms. The maximum atomic E-state index is 14.9. The highest BCUT2D eigenvalue weighted by Crippen LogP contribution is 2.49. The van der Waals surface area contributed by atoms with Gasteiger partial charge in [-0.1, -0.05) is 140 Å². The van der Waals surface area contributed by atoms with Crippen molar-refractivity contribution in [1.29, 1.82) is 0 Å². The SMILES string of the molecule is COC(=O)N(C)C(=O)C1(NC(=O)[C@@H](CSC(c2ccccc2)(c2ccccc2)c2ccccc2)NC(=O)[C@@H](CCC(=O)OC(C)(C)C)NC(=O)OCC2c3ccccc3-c3ccccc32)CCC1. The lowest BCUT2D eigenvalue weighted by Gasteiger charge is -2.43. The summed E-state index contributed by atoms with van der Waals surface area (Å²) in [5.41, 5.74) is 4.57. The summed E-state index contributed by atoms with van der Waals surface area (Å²) >= 11 is 1.41. The van der Waals surface area contributed by atoms with E-state index in [-0.39, 0.29) is 44.0 Å². The Balaban J connectivity index is 1.20. The van der Waals surface area contributed by atoms with E-state index in [0.29, 0.717) is 6.42 Å². The van der Waals surface area contributed by atoms with Gasteiger partial charge in [-0.3, -0.25) is 19.2 Å². The average molecular weight is 939 g/mol. The van der Waals surface area contributed by atoms with E-state index in [4.69, 9.17) is 14.2 Å². The van der Waals surface area contributed by atoms with Crippen LogP contribution in [0.3, 0.4) is 0 Å². The molecule has 2 atom stereocenters. The third kappa shape index (κ3) is 10.9. The lowest BCUT2D eigenvalue weighted by Crippen LogP contribution is -2.66. The molecule has 7 rings (SSSR count). The lowest BCUT2D eigenvalue weighted by molar-refractivity contribution is -0.155. The number of fused-ring (bicyclic) bond motifs is 3. The molecule has 0 saturated heterocycles. The van der Waals surface area contributed by atoms with Crippen molar-refractivity contribution in [2.24, 2.45) is 0 Å². The van der Waals surface area contributed by atoms with Crippen molar-refractivity contribution in [2.45, 2.75) is 86.8 Å². The van der Waals surface area contributed by atoms with Crippen molar-refractivity contribution in [2.75, 3.05) is 26.5 Å². The molecule has 0 spiro atoms. The first-order valence-corrected chi connectivity index (χ1v) is 23.8. The molecule has 5 amide bonds. The van der Waals surface area contributed by atoms with Crippen molar-refractivity contribution in [3.05, 3.63) is 167 Å². The Morgan fingerprint density at radius 1 is 0.691 bits per heavy atom. The van der Waals surface area contributed by atoms with E-state index in [9.17, 15) is 28.8 Å². The molecular formula is C54H58N4O9S. The number of carbonyl (C=O) groups excluding carboxylic acids is 6. The van der Waals surface area contributed by atoms with Crippen LogP contribution in [0.25, 0.3) is 11.1 Å². The summed E-state index contributed by atoms with van der Waals surface area (Å²) in [4.78, 5) is 83.8. The first-order chi connectivity index (χ1) is 32.7. The van der Waals surface area contributed by atoms with E-state index >= 15 is 0 Å². The molecule has 13 nitrogen and oxygen atoms in total. The Hall–Kier alpha value is -6.93. The maximum Gasteiger partial charge on any atom is 0.416 e. The molecule has 5 aromatic carbocycles. The summed E-state index contributed by atoms with van der Waals surface area (Å²) in [6.07, 6.45) is -1.13. The van der Waals surface area contributed by atoms with Gasteiger partial charge < -0.3 is 30.2 Å². The molecule has 14 heteroatoms. The van der Waals surface area contributed by atoms with Crippen molar-refractivity contribution < 1.29 is 43.0 Å². The minimum Gasteiger partial charge on any atom is -0.460 e. The van der Waals surface area contributed by atoms with Crippen molar-refractivity contribution in [3.8, 4) is 11.1 Å². The Kier molecular flexibility index (Phi) is 15.4. The number of nitrogens with one attached hydrogen (secondary N) is 3. The summed E-state index contributed by atoms with van der Waals surface area (Å²) in [7, 11) is 2.45. The van der Waals surface area contributed by atoms with Gasteiger partial charge in [-0.25, -0.2) is 14.5 Å². The number of likely N-dealkylation sites (N-methyl/N-ethyl adjacent to an activating group) is 1. The average Bonchev–Trinajstić information content (AvgIpc) is 3.66. The second-order valence-electron chi connectivity index (χ2n) is 18.1. The van der Waals surface area contributed by atoms with Crippen molar-refractivity contribution in [3.63, 3.8) is 0 Å². The van der Waals surface area contributed by atoms with Gasteiger partial charge in [0.05, 0.1) is 11.9 Å². The maximum absolute atomic E-state index is 14.9. The molecule has 0 aromatic heterocycles. The summed E-state index contributed by atoms with van der Waals surface area (Å²) < 4.78 is 15.3. The van der Waals surface area contributed by atoms with Gasteiger partial charge in [0, 0.05) is 25.1 Å². The zero-order chi connectivity index (χ0) is 48.5. The standard InChI is InChI=1S/C54H58N4O9S/c1-52(2,3)67-46(59)31-30-44(56-50(63)66-34-43-41-28-17-15-26-39(41)40-27-16-18-29-42(40)43)47(60)55-45(48(61)57-53(32-19-33-53)49(62)58(4)51(64)65-5)35-68-54(36-20-9-6-10-21-36,37-22-11-7-12-23-37)38-24-13-8-14-25-38/h6-18,20-29,43-45H,19,30-35H2,1-5H3,(H,55,60)(H,56,63)(H,57,61)/t44-,45-/m1/s1. The number of imide groups is 1. The molecule has 0 radical (unpaired) electrons. The molecule has 3 N–H and O–H groups in total. The van der Waals surface area contributed by atoms with Gasteiger partial charge in [0.2, 0.25) is 11.8 Å². The predicted molar refractivity (Wildman–Crippen MR) is 261 cm³/mol. The summed E-state index contributed by atoms with van der Waals surface area (Å²) in [5, 5.41) is 8.52. The molecule has 354 valence electrons. The molecule has 5 aromatic rings. The van der Waals surface area contributed by atoms with Crippen LogP contribution in [0.1, 0.15) is 86.6 Å². The molecular weight excluding hydrogens is 881 g/mol. The van der Waals surface area contributed by atoms with Crippen LogP contribution in [0.15, 0.2) is 140 Å². The zero-order valence-corrected chi connectivity index (χ0v) is 39.8. The molecule has 68 heavy (non-hydrogen) atoms. The van der Waals surface area contributed by atoms with Crippen LogP contribution < -0.4 is 16.0 Å². The highest BCUT2D eigenvalue weighted by atomic mass is 32.2. The minimum atomic E-state index is -1.45. The van der Waals surface area contributed by atoms with E-state index in [0.717, 1.165) is 51.0 Å². The number of benzene rings is 5. The van der Waals surface area contributed by atoms with Gasteiger partial charge in [0.15, 0.2) is 0 Å². The molecule has 1 fully saturated rings. The van der Waals surface area contributed by atoms with Crippen LogP contribution in [0.2, 0.25) is 0 Å². The number of nitrogens with zero attached hydrogens (tertiary/aromatic N) is 1. The van der Waals surface area contributed by atoms with Crippen LogP contribution in [-0.2, 0) is 38.1 Å². The normalized spacial score (nSPS) is 14.7. The van der Waals surface area contributed by atoms with E-state index in [1.165, 1.54) is 18.8 Å². The number of hydrogen-bond donors (Lipinski definition) is 3. The molecule has 2 aliphatic carbocycles. The number of thioether (sulfide) groups is 1. The number of carbonyl (C=O) groups is 6. The van der Waals surface area contributed by atoms with E-state index < -0.39 is 63.8 Å². The Morgan fingerprint density at radius 2 is 1.19 bits per heavy atom. The molecule has 2 aliphatic rings. The third-order valence-corrected chi connectivity index (χ3v) is 14.0. The van der Waals surface area contributed by atoms with Crippen LogP contribution in [0, 0.1) is 0 Å². The Morgan fingerprint density at radius 3 is 1.66 bits per heavy atom. The zero-order valence-electron chi connectivity index (χ0n) is 39.0.